The fourth-order valence-corrected chi connectivity index (χ4v) is 5.87. The van der Waals surface area contributed by atoms with Gasteiger partial charge < -0.3 is 14.6 Å². The second kappa shape index (κ2) is 7.80. The molecule has 2 aliphatic rings. The number of benzene rings is 3. The first-order valence-electron chi connectivity index (χ1n) is 11.9. The van der Waals surface area contributed by atoms with Crippen molar-refractivity contribution in [2.45, 2.75) is 38.8 Å². The summed E-state index contributed by atoms with van der Waals surface area (Å²) in [5.74, 6) is 0.471. The van der Waals surface area contributed by atoms with Crippen molar-refractivity contribution < 1.29 is 9.53 Å². The third kappa shape index (κ3) is 3.08. The predicted octanol–water partition coefficient (Wildman–Crippen LogP) is 6.82. The van der Waals surface area contributed by atoms with Crippen LogP contribution in [0.15, 0.2) is 72.8 Å². The molecule has 3 aromatic carbocycles. The fourth-order valence-electron chi connectivity index (χ4n) is 5.87. The molecule has 3 unspecified atom stereocenters. The van der Waals surface area contributed by atoms with E-state index in [0.717, 1.165) is 18.7 Å². The first-order chi connectivity index (χ1) is 16.2. The Hall–Kier alpha value is -3.53. The minimum Gasteiger partial charge on any atom is -0.462 e. The Balaban J connectivity index is 1.44. The molecule has 33 heavy (non-hydrogen) atoms. The lowest BCUT2D eigenvalue weighted by molar-refractivity contribution is 0.0526. The van der Waals surface area contributed by atoms with Gasteiger partial charge in [-0.15, -0.1) is 0 Å². The molecular formula is C29H28N2O2. The second-order valence-electron chi connectivity index (χ2n) is 9.04. The molecule has 1 aromatic heterocycles. The number of para-hydroxylation sites is 1. The van der Waals surface area contributed by atoms with Crippen LogP contribution in [-0.2, 0) is 11.3 Å². The molecule has 0 spiro atoms. The van der Waals surface area contributed by atoms with Gasteiger partial charge in [0.25, 0.3) is 0 Å². The molecular weight excluding hydrogens is 408 g/mol. The largest absolute Gasteiger partial charge is 0.462 e. The minimum absolute atomic E-state index is 0.221. The summed E-state index contributed by atoms with van der Waals surface area (Å²) >= 11 is 0. The average Bonchev–Trinajstić information content (AvgIpc) is 3.46. The number of carbonyl (C=O) groups is 1. The number of fused-ring (bicyclic) bond motifs is 6. The number of esters is 1. The number of hydrogen-bond acceptors (Lipinski definition) is 3. The highest BCUT2D eigenvalue weighted by molar-refractivity contribution is 6.08. The monoisotopic (exact) mass is 436 g/mol. The highest BCUT2D eigenvalue weighted by atomic mass is 16.5. The van der Waals surface area contributed by atoms with E-state index in [2.05, 4.69) is 71.4 Å². The van der Waals surface area contributed by atoms with Crippen molar-refractivity contribution in [3.05, 3.63) is 89.5 Å². The van der Waals surface area contributed by atoms with E-state index in [1.807, 2.05) is 25.1 Å². The third-order valence-corrected chi connectivity index (χ3v) is 7.35. The van der Waals surface area contributed by atoms with E-state index in [4.69, 9.17) is 4.74 Å². The zero-order valence-electron chi connectivity index (χ0n) is 19.0. The summed E-state index contributed by atoms with van der Waals surface area (Å²) in [6, 6.07) is 21.8. The van der Waals surface area contributed by atoms with E-state index >= 15 is 0 Å². The lowest BCUT2D eigenvalue weighted by atomic mass is 9.76. The molecule has 1 N–H and O–H groups in total. The van der Waals surface area contributed by atoms with Crippen LogP contribution < -0.4 is 5.32 Å². The van der Waals surface area contributed by atoms with Gasteiger partial charge in [0.2, 0.25) is 0 Å². The lowest BCUT2D eigenvalue weighted by Gasteiger charge is -2.37. The quantitative estimate of drug-likeness (QED) is 0.282. The third-order valence-electron chi connectivity index (χ3n) is 7.35. The number of nitrogens with one attached hydrogen (secondary N) is 1. The summed E-state index contributed by atoms with van der Waals surface area (Å²) in [4.78, 5) is 12.3. The van der Waals surface area contributed by atoms with E-state index in [1.54, 1.807) is 0 Å². The van der Waals surface area contributed by atoms with Crippen molar-refractivity contribution in [3.63, 3.8) is 0 Å². The summed E-state index contributed by atoms with van der Waals surface area (Å²) in [5.41, 5.74) is 6.83. The molecule has 6 rings (SSSR count). The van der Waals surface area contributed by atoms with E-state index in [1.165, 1.54) is 32.9 Å². The molecule has 0 saturated heterocycles. The molecule has 0 saturated carbocycles. The number of ether oxygens (including phenoxy) is 1. The maximum atomic E-state index is 12.3. The summed E-state index contributed by atoms with van der Waals surface area (Å²) in [7, 11) is 0. The maximum absolute atomic E-state index is 12.3. The summed E-state index contributed by atoms with van der Waals surface area (Å²) in [6.45, 7) is 5.39. The van der Waals surface area contributed by atoms with Gasteiger partial charge in [-0.2, -0.15) is 0 Å². The Labute approximate surface area is 193 Å². The number of allylic oxidation sites excluding steroid dienone is 2. The molecule has 3 atom stereocenters. The Kier molecular flexibility index (Phi) is 4.75. The van der Waals surface area contributed by atoms with Crippen LogP contribution in [0.5, 0.6) is 0 Å². The maximum Gasteiger partial charge on any atom is 0.338 e. The number of aryl methyl sites for hydroxylation is 1. The van der Waals surface area contributed by atoms with E-state index < -0.39 is 0 Å². The van der Waals surface area contributed by atoms with Crippen LogP contribution in [0.4, 0.5) is 5.69 Å². The van der Waals surface area contributed by atoms with Crippen molar-refractivity contribution >= 4 is 33.5 Å². The number of nitrogens with zero attached hydrogens (tertiary/aromatic N) is 1. The van der Waals surface area contributed by atoms with Gasteiger partial charge in [-0.05, 0) is 73.7 Å². The van der Waals surface area contributed by atoms with Crippen molar-refractivity contribution in [1.29, 1.82) is 0 Å². The van der Waals surface area contributed by atoms with E-state index in [-0.39, 0.29) is 12.0 Å². The summed E-state index contributed by atoms with van der Waals surface area (Å²) in [5, 5.41) is 6.45. The van der Waals surface area contributed by atoms with Gasteiger partial charge in [-0.1, -0.05) is 36.4 Å². The predicted molar refractivity (Wildman–Crippen MR) is 134 cm³/mol. The molecule has 1 aliphatic heterocycles. The van der Waals surface area contributed by atoms with Crippen LogP contribution in [0.2, 0.25) is 0 Å². The molecule has 0 radical (unpaired) electrons. The van der Waals surface area contributed by atoms with Gasteiger partial charge in [0.1, 0.15) is 0 Å². The Bertz CT molecular complexity index is 1410. The molecule has 4 heteroatoms. The molecule has 0 amide bonds. The van der Waals surface area contributed by atoms with Crippen molar-refractivity contribution in [3.8, 4) is 0 Å². The van der Waals surface area contributed by atoms with E-state index in [0.29, 0.717) is 24.0 Å². The summed E-state index contributed by atoms with van der Waals surface area (Å²) < 4.78 is 7.63. The number of hydrogen-bond donors (Lipinski definition) is 1. The average molecular weight is 437 g/mol. The van der Waals surface area contributed by atoms with Crippen molar-refractivity contribution in [2.24, 2.45) is 5.92 Å². The van der Waals surface area contributed by atoms with Gasteiger partial charge >= 0.3 is 5.97 Å². The van der Waals surface area contributed by atoms with Gasteiger partial charge in [0, 0.05) is 40.0 Å². The Morgan fingerprint density at radius 1 is 1.03 bits per heavy atom. The molecule has 1 aliphatic carbocycles. The highest BCUT2D eigenvalue weighted by Crippen LogP contribution is 2.50. The van der Waals surface area contributed by atoms with Gasteiger partial charge in [-0.25, -0.2) is 4.79 Å². The molecule has 0 fully saturated rings. The van der Waals surface area contributed by atoms with Crippen LogP contribution in [0.25, 0.3) is 21.8 Å². The smallest absolute Gasteiger partial charge is 0.338 e. The Morgan fingerprint density at radius 2 is 1.88 bits per heavy atom. The normalized spacial score (nSPS) is 21.1. The number of carbonyl (C=O) groups excluding carboxylic acids is 1. The molecule has 0 bridgehead atoms. The summed E-state index contributed by atoms with van der Waals surface area (Å²) in [6.07, 6.45) is 5.63. The SMILES string of the molecule is CCOC(=O)c1ccc2c(c1)C1C=CCC1C(c1ccc3c(c1)c1ccccc1n3CC)N2. The van der Waals surface area contributed by atoms with Crippen molar-refractivity contribution in [2.75, 3.05) is 11.9 Å². The topological polar surface area (TPSA) is 43.3 Å². The van der Waals surface area contributed by atoms with Crippen LogP contribution in [-0.4, -0.2) is 17.1 Å². The van der Waals surface area contributed by atoms with E-state index in [9.17, 15) is 4.79 Å². The zero-order chi connectivity index (χ0) is 22.5. The van der Waals surface area contributed by atoms with Gasteiger partial charge in [0.15, 0.2) is 0 Å². The first-order valence-corrected chi connectivity index (χ1v) is 11.9. The second-order valence-corrected chi connectivity index (χ2v) is 9.04. The highest BCUT2D eigenvalue weighted by Gasteiger charge is 2.38. The first kappa shape index (κ1) is 20.1. The molecule has 4 aromatic rings. The number of aromatic nitrogens is 1. The van der Waals surface area contributed by atoms with Crippen molar-refractivity contribution in [1.82, 2.24) is 4.57 Å². The lowest BCUT2D eigenvalue weighted by Crippen LogP contribution is -2.29. The van der Waals surface area contributed by atoms with Crippen LogP contribution in [0.3, 0.4) is 0 Å². The molecule has 4 nitrogen and oxygen atoms in total. The van der Waals surface area contributed by atoms with Gasteiger partial charge in [-0.3, -0.25) is 0 Å². The van der Waals surface area contributed by atoms with Crippen LogP contribution >= 0.6 is 0 Å². The fraction of sp³-hybridized carbons (Fsp3) is 0.276. The standard InChI is InChI=1S/C29H28N2O2/c1-3-31-26-11-6-5-8-21(26)24-16-18(13-15-27(24)31)28-22-10-7-9-20(22)23-17-19(29(32)33-4-2)12-14-25(23)30-28/h5-9,11-17,20,22,28,30H,3-4,10H2,1-2H3. The zero-order valence-corrected chi connectivity index (χ0v) is 19.0. The number of rotatable bonds is 4. The van der Waals surface area contributed by atoms with Crippen LogP contribution in [0, 0.1) is 5.92 Å². The molecule has 2 heterocycles. The number of anilines is 1. The minimum atomic E-state index is -0.251. The van der Waals surface area contributed by atoms with Gasteiger partial charge in [0.05, 0.1) is 18.2 Å². The Morgan fingerprint density at radius 3 is 2.73 bits per heavy atom. The van der Waals surface area contributed by atoms with Crippen LogP contribution in [0.1, 0.15) is 53.7 Å². The molecule has 166 valence electrons.